The molecule has 25 heavy (non-hydrogen) atoms. The third-order valence-electron chi connectivity index (χ3n) is 5.12. The van der Waals surface area contributed by atoms with Crippen LogP contribution in [0.25, 0.3) is 0 Å². The van der Waals surface area contributed by atoms with E-state index in [2.05, 4.69) is 5.32 Å². The highest BCUT2D eigenvalue weighted by Crippen LogP contribution is 2.75. The van der Waals surface area contributed by atoms with Gasteiger partial charge in [-0.25, -0.2) is 18.4 Å². The van der Waals surface area contributed by atoms with Crippen LogP contribution >= 0.6 is 0 Å². The molecule has 1 unspecified atom stereocenters. The fourth-order valence-electron chi connectivity index (χ4n) is 4.21. The van der Waals surface area contributed by atoms with Crippen LogP contribution in [-0.2, 0) is 14.9 Å². The predicted molar refractivity (Wildman–Crippen MR) is 85.1 cm³/mol. The zero-order chi connectivity index (χ0) is 18.6. The molecule has 3 aliphatic carbocycles. The molecule has 0 aliphatic heterocycles. The van der Waals surface area contributed by atoms with Crippen molar-refractivity contribution in [3.63, 3.8) is 0 Å². The molecule has 0 aromatic heterocycles. The molecule has 1 aromatic rings. The maximum Gasteiger partial charge on any atom is 0.408 e. The minimum absolute atomic E-state index is 0.322. The van der Waals surface area contributed by atoms with E-state index >= 15 is 0 Å². The first-order valence-corrected chi connectivity index (χ1v) is 8.14. The van der Waals surface area contributed by atoms with Gasteiger partial charge in [0, 0.05) is 5.41 Å². The van der Waals surface area contributed by atoms with Crippen molar-refractivity contribution in [1.82, 2.24) is 5.32 Å². The number of halogens is 2. The molecule has 3 saturated carbocycles. The number of aliphatic carboxylic acids is 1. The second kappa shape index (κ2) is 5.41. The number of ether oxygens (including phenoxy) is 1. The van der Waals surface area contributed by atoms with Gasteiger partial charge in [0.1, 0.15) is 11.6 Å². The van der Waals surface area contributed by atoms with Gasteiger partial charge in [0.05, 0.1) is 0 Å². The summed E-state index contributed by atoms with van der Waals surface area (Å²) in [4.78, 5) is 23.5. The SMILES string of the molecule is CC(C)(C)OC(=O)NC(C(=O)O)C12CC(c3ccc(F)c(F)c3)(C1)C2. The van der Waals surface area contributed by atoms with E-state index in [4.69, 9.17) is 4.74 Å². The van der Waals surface area contributed by atoms with E-state index in [9.17, 15) is 23.5 Å². The molecule has 7 heteroatoms. The number of carboxylic acid groups (broad SMARTS) is 1. The second-order valence-electron chi connectivity index (χ2n) is 8.22. The monoisotopic (exact) mass is 353 g/mol. The largest absolute Gasteiger partial charge is 0.480 e. The highest BCUT2D eigenvalue weighted by molar-refractivity contribution is 5.82. The van der Waals surface area contributed by atoms with Gasteiger partial charge in [0.25, 0.3) is 0 Å². The van der Waals surface area contributed by atoms with E-state index in [0.29, 0.717) is 24.8 Å². The minimum Gasteiger partial charge on any atom is -0.480 e. The number of nitrogens with one attached hydrogen (secondary N) is 1. The molecule has 3 aliphatic rings. The number of carboxylic acids is 1. The number of alkyl carbamates (subject to hydrolysis) is 1. The van der Waals surface area contributed by atoms with Gasteiger partial charge in [-0.15, -0.1) is 0 Å². The first-order valence-electron chi connectivity index (χ1n) is 8.14. The van der Waals surface area contributed by atoms with Crippen LogP contribution in [0.2, 0.25) is 0 Å². The lowest BCUT2D eigenvalue weighted by Gasteiger charge is -2.72. The van der Waals surface area contributed by atoms with Crippen molar-refractivity contribution in [3.05, 3.63) is 35.4 Å². The Labute approximate surface area is 144 Å². The van der Waals surface area contributed by atoms with Gasteiger partial charge in [-0.05, 0) is 63.1 Å². The Hall–Kier alpha value is -2.18. The maximum absolute atomic E-state index is 13.5. The Kier molecular flexibility index (Phi) is 3.82. The summed E-state index contributed by atoms with van der Waals surface area (Å²) < 4.78 is 31.7. The van der Waals surface area contributed by atoms with Crippen LogP contribution < -0.4 is 5.32 Å². The van der Waals surface area contributed by atoms with Gasteiger partial charge in [0.2, 0.25) is 0 Å². The van der Waals surface area contributed by atoms with Crippen LogP contribution in [0.15, 0.2) is 18.2 Å². The average Bonchev–Trinajstić information content (AvgIpc) is 2.36. The van der Waals surface area contributed by atoms with Crippen LogP contribution in [0.5, 0.6) is 0 Å². The van der Waals surface area contributed by atoms with Crippen LogP contribution in [0.1, 0.15) is 45.6 Å². The van der Waals surface area contributed by atoms with E-state index in [1.807, 2.05) is 0 Å². The molecule has 1 aromatic carbocycles. The normalized spacial score (nSPS) is 28.4. The lowest BCUT2D eigenvalue weighted by atomic mass is 9.31. The summed E-state index contributed by atoms with van der Waals surface area (Å²) in [5.41, 5.74) is -0.931. The number of hydrogen-bond donors (Lipinski definition) is 2. The molecule has 4 rings (SSSR count). The van der Waals surface area contributed by atoms with Crippen molar-refractivity contribution in [2.24, 2.45) is 5.41 Å². The van der Waals surface area contributed by atoms with Gasteiger partial charge in [-0.3, -0.25) is 0 Å². The summed E-state index contributed by atoms with van der Waals surface area (Å²) in [6, 6.07) is 2.74. The fraction of sp³-hybridized carbons (Fsp3) is 0.556. The highest BCUT2D eigenvalue weighted by Gasteiger charge is 2.72. The molecule has 0 saturated heterocycles. The van der Waals surface area contributed by atoms with Crippen molar-refractivity contribution in [1.29, 1.82) is 0 Å². The number of carbonyl (C=O) groups excluding carboxylic acids is 1. The predicted octanol–water partition coefficient (Wildman–Crippen LogP) is 3.36. The summed E-state index contributed by atoms with van der Waals surface area (Å²) in [6.45, 7) is 5.09. The smallest absolute Gasteiger partial charge is 0.408 e. The summed E-state index contributed by atoms with van der Waals surface area (Å²) in [6.07, 6.45) is 0.763. The molecule has 5 nitrogen and oxygen atoms in total. The quantitative estimate of drug-likeness (QED) is 0.870. The third kappa shape index (κ3) is 2.96. The molecule has 0 spiro atoms. The van der Waals surface area contributed by atoms with E-state index in [1.54, 1.807) is 26.8 Å². The minimum atomic E-state index is -1.12. The fourth-order valence-corrected chi connectivity index (χ4v) is 4.21. The van der Waals surface area contributed by atoms with Crippen molar-refractivity contribution in [2.75, 3.05) is 0 Å². The lowest BCUT2D eigenvalue weighted by Crippen LogP contribution is -2.73. The highest BCUT2D eigenvalue weighted by atomic mass is 19.2. The summed E-state index contributed by atoms with van der Waals surface area (Å²) in [5.74, 6) is -2.93. The molecular formula is C18H21F2NO4. The standard InChI is InChI=1S/C18H21F2NO4/c1-16(2,3)25-15(24)21-13(14(22)23)18-7-17(8-18,9-18)10-4-5-11(19)12(20)6-10/h4-6,13H,7-9H2,1-3H3,(H,21,24)(H,22,23). The van der Waals surface area contributed by atoms with Gasteiger partial charge in [-0.1, -0.05) is 6.07 Å². The average molecular weight is 353 g/mol. The molecule has 2 bridgehead atoms. The summed E-state index contributed by atoms with van der Waals surface area (Å²) in [7, 11) is 0. The molecule has 2 N–H and O–H groups in total. The van der Waals surface area contributed by atoms with Crippen LogP contribution in [0, 0.1) is 17.0 Å². The lowest BCUT2D eigenvalue weighted by molar-refractivity contribution is -0.183. The maximum atomic E-state index is 13.5. The Bertz CT molecular complexity index is 721. The Morgan fingerprint density at radius 1 is 1.20 bits per heavy atom. The van der Waals surface area contributed by atoms with E-state index in [0.717, 1.165) is 6.07 Å². The molecule has 1 amide bonds. The number of amides is 1. The second-order valence-corrected chi connectivity index (χ2v) is 8.22. The number of carbonyl (C=O) groups is 2. The number of rotatable bonds is 4. The van der Waals surface area contributed by atoms with E-state index < -0.39 is 40.8 Å². The van der Waals surface area contributed by atoms with Crippen molar-refractivity contribution < 1.29 is 28.2 Å². The van der Waals surface area contributed by atoms with Gasteiger partial charge in [0.15, 0.2) is 11.6 Å². The first-order chi connectivity index (χ1) is 11.5. The van der Waals surface area contributed by atoms with E-state index in [-0.39, 0.29) is 5.41 Å². The number of benzene rings is 1. The molecule has 136 valence electrons. The summed E-state index contributed by atoms with van der Waals surface area (Å²) >= 11 is 0. The van der Waals surface area contributed by atoms with Crippen molar-refractivity contribution in [3.8, 4) is 0 Å². The van der Waals surface area contributed by atoms with Crippen LogP contribution in [0.3, 0.4) is 0 Å². The zero-order valence-corrected chi connectivity index (χ0v) is 14.4. The van der Waals surface area contributed by atoms with Gasteiger partial charge in [-0.2, -0.15) is 0 Å². The summed E-state index contributed by atoms with van der Waals surface area (Å²) in [5, 5.41) is 11.9. The molecule has 0 heterocycles. The Morgan fingerprint density at radius 3 is 2.28 bits per heavy atom. The van der Waals surface area contributed by atoms with Crippen LogP contribution in [-0.4, -0.2) is 28.8 Å². The first kappa shape index (κ1) is 17.6. The molecule has 3 fully saturated rings. The van der Waals surface area contributed by atoms with Crippen molar-refractivity contribution in [2.45, 2.75) is 57.1 Å². The third-order valence-corrected chi connectivity index (χ3v) is 5.12. The number of hydrogen-bond acceptors (Lipinski definition) is 3. The molecule has 1 atom stereocenters. The van der Waals surface area contributed by atoms with Crippen LogP contribution in [0.4, 0.5) is 13.6 Å². The topological polar surface area (TPSA) is 75.6 Å². The Morgan fingerprint density at radius 2 is 1.80 bits per heavy atom. The molecular weight excluding hydrogens is 332 g/mol. The van der Waals surface area contributed by atoms with Crippen molar-refractivity contribution >= 4 is 12.1 Å². The molecule has 0 radical (unpaired) electrons. The van der Waals surface area contributed by atoms with Gasteiger partial charge < -0.3 is 15.2 Å². The van der Waals surface area contributed by atoms with E-state index in [1.165, 1.54) is 6.07 Å². The Balaban J connectivity index is 1.70. The zero-order valence-electron chi connectivity index (χ0n) is 14.4. The van der Waals surface area contributed by atoms with Gasteiger partial charge >= 0.3 is 12.1 Å².